The summed E-state index contributed by atoms with van der Waals surface area (Å²) in [4.78, 5) is 24.7. The lowest BCUT2D eigenvalue weighted by Gasteiger charge is -2.56. The number of nitrogens with one attached hydrogen (secondary N) is 2. The Morgan fingerprint density at radius 1 is 1.03 bits per heavy atom. The van der Waals surface area contributed by atoms with Gasteiger partial charge in [0.1, 0.15) is 0 Å². The van der Waals surface area contributed by atoms with Crippen molar-refractivity contribution in [1.29, 1.82) is 0 Å². The summed E-state index contributed by atoms with van der Waals surface area (Å²) in [6.45, 7) is 1.88. The minimum absolute atomic E-state index is 0.0311. The highest BCUT2D eigenvalue weighted by Gasteiger charge is 2.51. The van der Waals surface area contributed by atoms with E-state index in [1.807, 2.05) is 31.2 Å². The van der Waals surface area contributed by atoms with Crippen molar-refractivity contribution < 1.29 is 14.0 Å². The highest BCUT2D eigenvalue weighted by molar-refractivity contribution is 6.03. The van der Waals surface area contributed by atoms with Gasteiger partial charge in [0.2, 0.25) is 5.91 Å². The second kappa shape index (κ2) is 7.98. The predicted octanol–water partition coefficient (Wildman–Crippen LogP) is 4.98. The van der Waals surface area contributed by atoms with Crippen LogP contribution in [0.1, 0.15) is 68.0 Å². The Morgan fingerprint density at radius 3 is 2.26 bits per heavy atom. The Labute approximate surface area is 182 Å². The predicted molar refractivity (Wildman–Crippen MR) is 119 cm³/mol. The summed E-state index contributed by atoms with van der Waals surface area (Å²) in [5, 5.41) is 7.13. The summed E-state index contributed by atoms with van der Waals surface area (Å²) < 4.78 is 5.10. The molecule has 1 aromatic heterocycles. The van der Waals surface area contributed by atoms with E-state index in [9.17, 15) is 9.59 Å². The van der Waals surface area contributed by atoms with Crippen LogP contribution in [0.25, 0.3) is 0 Å². The first-order chi connectivity index (χ1) is 15.0. The SMILES string of the molecule is CC(=NNC(=O)CC12CC3CC(CC(C3)C1)C2)c1ccc(NC(=O)c2ccco2)cc1. The molecule has 4 saturated carbocycles. The maximum atomic E-state index is 12.7. The van der Waals surface area contributed by atoms with Gasteiger partial charge in [-0.3, -0.25) is 9.59 Å². The summed E-state index contributed by atoms with van der Waals surface area (Å²) in [5.41, 5.74) is 5.31. The molecule has 0 radical (unpaired) electrons. The molecule has 4 bridgehead atoms. The first-order valence-electron chi connectivity index (χ1n) is 11.3. The molecule has 6 nitrogen and oxygen atoms in total. The molecule has 2 amide bonds. The Bertz CT molecular complexity index is 956. The number of carbonyl (C=O) groups is 2. The van der Waals surface area contributed by atoms with Crippen molar-refractivity contribution in [2.75, 3.05) is 5.32 Å². The van der Waals surface area contributed by atoms with E-state index < -0.39 is 0 Å². The first kappa shape index (κ1) is 20.0. The zero-order chi connectivity index (χ0) is 21.4. The van der Waals surface area contributed by atoms with E-state index in [-0.39, 0.29) is 23.0 Å². The number of benzene rings is 1. The average Bonchev–Trinajstić information content (AvgIpc) is 3.26. The second-order valence-corrected chi connectivity index (χ2v) is 9.84. The van der Waals surface area contributed by atoms with Gasteiger partial charge in [-0.15, -0.1) is 0 Å². The minimum Gasteiger partial charge on any atom is -0.459 e. The van der Waals surface area contributed by atoms with Crippen molar-refractivity contribution in [3.8, 4) is 0 Å². The molecule has 2 aromatic rings. The van der Waals surface area contributed by atoms with E-state index in [1.165, 1.54) is 44.8 Å². The molecule has 4 fully saturated rings. The van der Waals surface area contributed by atoms with Gasteiger partial charge in [-0.1, -0.05) is 12.1 Å². The summed E-state index contributed by atoms with van der Waals surface area (Å²) in [6, 6.07) is 10.7. The molecular formula is C25H29N3O3. The fourth-order valence-corrected chi connectivity index (χ4v) is 6.49. The summed E-state index contributed by atoms with van der Waals surface area (Å²) >= 11 is 0. The quantitative estimate of drug-likeness (QED) is 0.512. The van der Waals surface area contributed by atoms with Gasteiger partial charge < -0.3 is 9.73 Å². The molecule has 0 atom stereocenters. The number of carbonyl (C=O) groups excluding carboxylic acids is 2. The minimum atomic E-state index is -0.292. The van der Waals surface area contributed by atoms with Gasteiger partial charge >= 0.3 is 0 Å². The van der Waals surface area contributed by atoms with Gasteiger partial charge in [-0.25, -0.2) is 5.43 Å². The van der Waals surface area contributed by atoms with Gasteiger partial charge in [-0.05, 0) is 98.4 Å². The zero-order valence-electron chi connectivity index (χ0n) is 17.9. The molecule has 1 aromatic carbocycles. The van der Waals surface area contributed by atoms with E-state index in [0.717, 1.165) is 29.0 Å². The van der Waals surface area contributed by atoms with Gasteiger partial charge in [0.05, 0.1) is 12.0 Å². The maximum absolute atomic E-state index is 12.7. The normalized spacial score (nSPS) is 29.1. The second-order valence-electron chi connectivity index (χ2n) is 9.84. The van der Waals surface area contributed by atoms with Crippen LogP contribution < -0.4 is 10.7 Å². The topological polar surface area (TPSA) is 83.7 Å². The summed E-state index contributed by atoms with van der Waals surface area (Å²) in [6.07, 6.45) is 9.89. The van der Waals surface area contributed by atoms with E-state index in [2.05, 4.69) is 15.8 Å². The number of rotatable bonds is 6. The molecular weight excluding hydrogens is 390 g/mol. The standard InChI is InChI=1S/C25H29N3O3/c1-16(20-4-6-21(7-5-20)26-24(30)22-3-2-8-31-22)27-28-23(29)15-25-12-17-9-18(13-25)11-19(10-17)14-25/h2-8,17-19H,9-15H2,1H3,(H,26,30)(H,28,29). The van der Waals surface area contributed by atoms with Crippen LogP contribution in [0.2, 0.25) is 0 Å². The third-order valence-corrected chi connectivity index (χ3v) is 7.35. The molecule has 4 aliphatic rings. The average molecular weight is 420 g/mol. The van der Waals surface area contributed by atoms with Crippen LogP contribution in [-0.4, -0.2) is 17.5 Å². The van der Waals surface area contributed by atoms with Gasteiger partial charge in [0.15, 0.2) is 5.76 Å². The third-order valence-electron chi connectivity index (χ3n) is 7.35. The van der Waals surface area contributed by atoms with Crippen molar-refractivity contribution in [2.45, 2.75) is 51.9 Å². The van der Waals surface area contributed by atoms with E-state index >= 15 is 0 Å². The van der Waals surface area contributed by atoms with Crippen LogP contribution in [0.5, 0.6) is 0 Å². The van der Waals surface area contributed by atoms with Crippen molar-refractivity contribution in [1.82, 2.24) is 5.43 Å². The van der Waals surface area contributed by atoms with Crippen LogP contribution in [0.3, 0.4) is 0 Å². The molecule has 0 saturated heterocycles. The largest absolute Gasteiger partial charge is 0.459 e. The summed E-state index contributed by atoms with van der Waals surface area (Å²) in [7, 11) is 0. The molecule has 162 valence electrons. The molecule has 6 heteroatoms. The number of furan rings is 1. The van der Waals surface area contributed by atoms with E-state index in [1.54, 1.807) is 12.1 Å². The molecule has 0 unspecified atom stereocenters. The smallest absolute Gasteiger partial charge is 0.291 e. The molecule has 0 aliphatic heterocycles. The molecule has 1 heterocycles. The molecule has 2 N–H and O–H groups in total. The maximum Gasteiger partial charge on any atom is 0.291 e. The number of hydrazone groups is 1. The van der Waals surface area contributed by atoms with Crippen molar-refractivity contribution in [3.05, 3.63) is 54.0 Å². The van der Waals surface area contributed by atoms with Crippen molar-refractivity contribution in [3.63, 3.8) is 0 Å². The number of amides is 2. The van der Waals surface area contributed by atoms with Crippen molar-refractivity contribution >= 4 is 23.2 Å². The Hall–Kier alpha value is -2.89. The lowest BCUT2D eigenvalue weighted by molar-refractivity contribution is -0.129. The Morgan fingerprint density at radius 2 is 1.68 bits per heavy atom. The van der Waals surface area contributed by atoms with Crippen LogP contribution in [0.4, 0.5) is 5.69 Å². The monoisotopic (exact) mass is 419 g/mol. The lowest BCUT2D eigenvalue weighted by atomic mass is 9.49. The zero-order valence-corrected chi connectivity index (χ0v) is 17.9. The number of anilines is 1. The molecule has 0 spiro atoms. The highest BCUT2D eigenvalue weighted by atomic mass is 16.3. The highest BCUT2D eigenvalue weighted by Crippen LogP contribution is 2.61. The Balaban J connectivity index is 1.17. The number of hydrogen-bond acceptors (Lipinski definition) is 4. The third kappa shape index (κ3) is 4.29. The molecule has 6 rings (SSSR count). The van der Waals surface area contributed by atoms with Gasteiger partial charge in [-0.2, -0.15) is 5.10 Å². The van der Waals surface area contributed by atoms with Crippen LogP contribution in [-0.2, 0) is 4.79 Å². The molecule has 4 aliphatic carbocycles. The fraction of sp³-hybridized carbons (Fsp3) is 0.480. The van der Waals surface area contributed by atoms with Gasteiger partial charge in [0.25, 0.3) is 5.91 Å². The Kier molecular flexibility index (Phi) is 5.16. The van der Waals surface area contributed by atoms with E-state index in [0.29, 0.717) is 12.1 Å². The van der Waals surface area contributed by atoms with E-state index in [4.69, 9.17) is 4.42 Å². The number of nitrogens with zero attached hydrogens (tertiary/aromatic N) is 1. The summed E-state index contributed by atoms with van der Waals surface area (Å²) in [5.74, 6) is 2.54. The fourth-order valence-electron chi connectivity index (χ4n) is 6.49. The van der Waals surface area contributed by atoms with Crippen molar-refractivity contribution in [2.24, 2.45) is 28.3 Å². The van der Waals surface area contributed by atoms with Crippen LogP contribution in [0, 0.1) is 23.2 Å². The lowest BCUT2D eigenvalue weighted by Crippen LogP contribution is -2.47. The number of hydrogen-bond donors (Lipinski definition) is 2. The molecule has 31 heavy (non-hydrogen) atoms. The van der Waals surface area contributed by atoms with Crippen LogP contribution in [0.15, 0.2) is 52.2 Å². The van der Waals surface area contributed by atoms with Crippen LogP contribution >= 0.6 is 0 Å². The van der Waals surface area contributed by atoms with Gasteiger partial charge in [0, 0.05) is 12.1 Å². The first-order valence-corrected chi connectivity index (χ1v) is 11.3.